The number of nitrogens with zero attached hydrogens (tertiary/aromatic N) is 1. The highest BCUT2D eigenvalue weighted by Gasteiger charge is 2.27. The lowest BCUT2D eigenvalue weighted by molar-refractivity contribution is 0.149. The molecule has 5 heteroatoms. The van der Waals surface area contributed by atoms with Crippen molar-refractivity contribution in [2.24, 2.45) is 0 Å². The summed E-state index contributed by atoms with van der Waals surface area (Å²) in [6.45, 7) is 5.13. The van der Waals surface area contributed by atoms with E-state index in [1.165, 1.54) is 11.1 Å². The van der Waals surface area contributed by atoms with Crippen LogP contribution in [0.5, 0.6) is 17.2 Å². The molecule has 0 radical (unpaired) electrons. The number of nitrogens with one attached hydrogen (secondary N) is 1. The average Bonchev–Trinajstić information content (AvgIpc) is 2.95. The molecule has 1 fully saturated rings. The van der Waals surface area contributed by atoms with Gasteiger partial charge >= 0.3 is 0 Å². The van der Waals surface area contributed by atoms with Gasteiger partial charge in [0.2, 0.25) is 0 Å². The quantitative estimate of drug-likeness (QED) is 0.914. The van der Waals surface area contributed by atoms with Crippen LogP contribution in [0.2, 0.25) is 0 Å². The topological polar surface area (TPSA) is 43.0 Å². The van der Waals surface area contributed by atoms with E-state index < -0.39 is 0 Å². The van der Waals surface area contributed by atoms with Crippen molar-refractivity contribution in [3.8, 4) is 17.2 Å². The normalized spacial score (nSPS) is 20.4. The van der Waals surface area contributed by atoms with Crippen LogP contribution < -0.4 is 19.5 Å². The monoisotopic (exact) mass is 354 g/mol. The summed E-state index contributed by atoms with van der Waals surface area (Å²) in [4.78, 5) is 2.50. The van der Waals surface area contributed by atoms with Crippen molar-refractivity contribution in [1.29, 1.82) is 0 Å². The SMILES string of the molecule is COc1ccccc1C1CNCCN1Cc1cccc2c1OCCCO2. The Hall–Kier alpha value is -2.24. The minimum atomic E-state index is 0.266. The lowest BCUT2D eigenvalue weighted by atomic mass is 10.0. The highest BCUT2D eigenvalue weighted by molar-refractivity contribution is 5.47. The number of hydrogen-bond donors (Lipinski definition) is 1. The number of fused-ring (bicyclic) bond motifs is 1. The molecule has 0 saturated carbocycles. The van der Waals surface area contributed by atoms with Crippen LogP contribution in [-0.4, -0.2) is 44.9 Å². The number of methoxy groups -OCH3 is 1. The Morgan fingerprint density at radius 1 is 1.12 bits per heavy atom. The summed E-state index contributed by atoms with van der Waals surface area (Å²) in [5.41, 5.74) is 2.41. The van der Waals surface area contributed by atoms with E-state index in [9.17, 15) is 0 Å². The predicted octanol–water partition coefficient (Wildman–Crippen LogP) is 3.00. The molecule has 0 aromatic heterocycles. The Labute approximate surface area is 154 Å². The van der Waals surface area contributed by atoms with Gasteiger partial charge in [-0.1, -0.05) is 30.3 Å². The fourth-order valence-corrected chi connectivity index (χ4v) is 3.78. The van der Waals surface area contributed by atoms with Gasteiger partial charge in [-0.05, 0) is 12.1 Å². The van der Waals surface area contributed by atoms with E-state index in [2.05, 4.69) is 34.5 Å². The fraction of sp³-hybridized carbons (Fsp3) is 0.429. The molecule has 2 aliphatic rings. The van der Waals surface area contributed by atoms with Crippen molar-refractivity contribution < 1.29 is 14.2 Å². The third-order valence-electron chi connectivity index (χ3n) is 5.08. The predicted molar refractivity (Wildman–Crippen MR) is 101 cm³/mol. The number of piperazine rings is 1. The molecule has 1 saturated heterocycles. The molecular weight excluding hydrogens is 328 g/mol. The molecule has 2 aromatic carbocycles. The van der Waals surface area contributed by atoms with Crippen LogP contribution in [0, 0.1) is 0 Å². The Kier molecular flexibility index (Phi) is 5.27. The van der Waals surface area contributed by atoms with Gasteiger partial charge in [0.1, 0.15) is 5.75 Å². The van der Waals surface area contributed by atoms with E-state index in [0.29, 0.717) is 13.2 Å². The van der Waals surface area contributed by atoms with Crippen LogP contribution in [0.1, 0.15) is 23.6 Å². The van der Waals surface area contributed by atoms with Crippen LogP contribution >= 0.6 is 0 Å². The first-order chi connectivity index (χ1) is 12.9. The summed E-state index contributed by atoms with van der Waals surface area (Å²) >= 11 is 0. The van der Waals surface area contributed by atoms with Gasteiger partial charge in [-0.25, -0.2) is 0 Å². The first-order valence-electron chi connectivity index (χ1n) is 9.32. The van der Waals surface area contributed by atoms with Crippen LogP contribution in [0.15, 0.2) is 42.5 Å². The zero-order valence-corrected chi connectivity index (χ0v) is 15.2. The highest BCUT2D eigenvalue weighted by Crippen LogP contribution is 2.36. The van der Waals surface area contributed by atoms with Crippen molar-refractivity contribution >= 4 is 0 Å². The smallest absolute Gasteiger partial charge is 0.165 e. The summed E-state index contributed by atoms with van der Waals surface area (Å²) in [6, 6.07) is 14.8. The second-order valence-electron chi connectivity index (χ2n) is 6.73. The maximum atomic E-state index is 6.01. The average molecular weight is 354 g/mol. The van der Waals surface area contributed by atoms with Crippen molar-refractivity contribution in [3.05, 3.63) is 53.6 Å². The molecule has 1 N–H and O–H groups in total. The van der Waals surface area contributed by atoms with E-state index in [-0.39, 0.29) is 6.04 Å². The summed E-state index contributed by atoms with van der Waals surface area (Å²) in [7, 11) is 1.74. The molecule has 2 aliphatic heterocycles. The molecule has 1 unspecified atom stereocenters. The third-order valence-corrected chi connectivity index (χ3v) is 5.08. The van der Waals surface area contributed by atoms with Crippen LogP contribution in [0.4, 0.5) is 0 Å². The molecule has 2 heterocycles. The van der Waals surface area contributed by atoms with E-state index >= 15 is 0 Å². The summed E-state index contributed by atoms with van der Waals surface area (Å²) in [5.74, 6) is 2.71. The van der Waals surface area contributed by atoms with Gasteiger partial charge in [0, 0.05) is 43.7 Å². The third kappa shape index (κ3) is 3.50. The van der Waals surface area contributed by atoms with Gasteiger partial charge in [0.05, 0.1) is 26.4 Å². The van der Waals surface area contributed by atoms with Gasteiger partial charge in [0.25, 0.3) is 0 Å². The summed E-state index contributed by atoms with van der Waals surface area (Å²) in [5, 5.41) is 3.52. The zero-order chi connectivity index (χ0) is 17.8. The van der Waals surface area contributed by atoms with Gasteiger partial charge in [-0.15, -0.1) is 0 Å². The highest BCUT2D eigenvalue weighted by atomic mass is 16.5. The Bertz CT molecular complexity index is 750. The zero-order valence-electron chi connectivity index (χ0n) is 15.2. The molecule has 0 aliphatic carbocycles. The van der Waals surface area contributed by atoms with Crippen LogP contribution in [0.25, 0.3) is 0 Å². The molecule has 26 heavy (non-hydrogen) atoms. The lowest BCUT2D eigenvalue weighted by Gasteiger charge is -2.37. The van der Waals surface area contributed by atoms with E-state index in [1.807, 2.05) is 18.2 Å². The first-order valence-corrected chi connectivity index (χ1v) is 9.32. The maximum absolute atomic E-state index is 6.01. The van der Waals surface area contributed by atoms with Crippen molar-refractivity contribution in [3.63, 3.8) is 0 Å². The number of rotatable bonds is 4. The minimum Gasteiger partial charge on any atom is -0.496 e. The minimum absolute atomic E-state index is 0.266. The molecule has 4 rings (SSSR count). The summed E-state index contributed by atoms with van der Waals surface area (Å²) < 4.78 is 17.5. The van der Waals surface area contributed by atoms with Crippen molar-refractivity contribution in [1.82, 2.24) is 10.2 Å². The Morgan fingerprint density at radius 3 is 2.92 bits per heavy atom. The van der Waals surface area contributed by atoms with Crippen LogP contribution in [-0.2, 0) is 6.54 Å². The molecule has 138 valence electrons. The number of hydrogen-bond acceptors (Lipinski definition) is 5. The lowest BCUT2D eigenvalue weighted by Crippen LogP contribution is -2.45. The van der Waals surface area contributed by atoms with Gasteiger partial charge in [0.15, 0.2) is 11.5 Å². The van der Waals surface area contributed by atoms with E-state index in [1.54, 1.807) is 7.11 Å². The first kappa shape index (κ1) is 17.2. The second-order valence-corrected chi connectivity index (χ2v) is 6.73. The standard InChI is InChI=1S/C21H26N2O3/c1-24-19-8-3-2-7-17(19)18-14-22-10-11-23(18)15-16-6-4-9-20-21(16)26-13-5-12-25-20/h2-4,6-9,18,22H,5,10-15H2,1H3. The van der Waals surface area contributed by atoms with Crippen molar-refractivity contribution in [2.75, 3.05) is 40.0 Å². The molecule has 0 amide bonds. The number of ether oxygens (including phenoxy) is 3. The second kappa shape index (κ2) is 7.98. The maximum Gasteiger partial charge on any atom is 0.165 e. The van der Waals surface area contributed by atoms with Crippen LogP contribution in [0.3, 0.4) is 0 Å². The molecular formula is C21H26N2O3. The fourth-order valence-electron chi connectivity index (χ4n) is 3.78. The van der Waals surface area contributed by atoms with E-state index in [0.717, 1.165) is 49.8 Å². The molecule has 0 spiro atoms. The Morgan fingerprint density at radius 2 is 2.00 bits per heavy atom. The van der Waals surface area contributed by atoms with Gasteiger partial charge < -0.3 is 19.5 Å². The van der Waals surface area contributed by atoms with Crippen molar-refractivity contribution in [2.45, 2.75) is 19.0 Å². The Balaban J connectivity index is 1.62. The number of benzene rings is 2. The molecule has 2 aromatic rings. The molecule has 5 nitrogen and oxygen atoms in total. The molecule has 0 bridgehead atoms. The van der Waals surface area contributed by atoms with Gasteiger partial charge in [-0.2, -0.15) is 0 Å². The largest absolute Gasteiger partial charge is 0.496 e. The number of para-hydroxylation sites is 2. The molecule has 1 atom stereocenters. The van der Waals surface area contributed by atoms with Gasteiger partial charge in [-0.3, -0.25) is 4.90 Å². The van der Waals surface area contributed by atoms with E-state index in [4.69, 9.17) is 14.2 Å². The summed E-state index contributed by atoms with van der Waals surface area (Å²) in [6.07, 6.45) is 0.922.